The van der Waals surface area contributed by atoms with Crippen molar-refractivity contribution in [2.45, 2.75) is 11.8 Å². The van der Waals surface area contributed by atoms with Gasteiger partial charge in [0.1, 0.15) is 5.41 Å². The average Bonchev–Trinajstić information content (AvgIpc) is 2.47. The molecule has 86 valence electrons. The van der Waals surface area contributed by atoms with E-state index in [0.29, 0.717) is 0 Å². The van der Waals surface area contributed by atoms with Gasteiger partial charge in [0, 0.05) is 0 Å². The summed E-state index contributed by atoms with van der Waals surface area (Å²) in [4.78, 5) is 0. The summed E-state index contributed by atoms with van der Waals surface area (Å²) >= 11 is 0. The highest BCUT2D eigenvalue weighted by Crippen LogP contribution is 2.34. The van der Waals surface area contributed by atoms with Gasteiger partial charge in [0.15, 0.2) is 0 Å². The van der Waals surface area contributed by atoms with Crippen LogP contribution in [0.4, 0.5) is 0 Å². The third-order valence-electron chi connectivity index (χ3n) is 3.07. The zero-order valence-corrected chi connectivity index (χ0v) is 9.88. The van der Waals surface area contributed by atoms with Gasteiger partial charge >= 0.3 is 0 Å². The number of benzene rings is 2. The van der Waals surface area contributed by atoms with Gasteiger partial charge in [0.25, 0.3) is 0 Å². The Hall–Kier alpha value is -2.58. The highest BCUT2D eigenvalue weighted by Gasteiger charge is 2.34. The highest BCUT2D eigenvalue weighted by molar-refractivity contribution is 5.46. The van der Waals surface area contributed by atoms with Gasteiger partial charge in [-0.25, -0.2) is 0 Å². The molecule has 18 heavy (non-hydrogen) atoms. The molecule has 2 aromatic carbocycles. The Kier molecular flexibility index (Phi) is 3.41. The Balaban J connectivity index is 2.63. The lowest BCUT2D eigenvalue weighted by Crippen LogP contribution is -2.25. The minimum Gasteiger partial charge on any atom is -0.198 e. The van der Waals surface area contributed by atoms with E-state index in [1.807, 2.05) is 60.7 Å². The molecule has 0 heterocycles. The summed E-state index contributed by atoms with van der Waals surface area (Å²) in [6.07, 6.45) is 0.150. The molecule has 0 saturated carbocycles. The molecule has 0 aromatic heterocycles. The Bertz CT molecular complexity index is 549. The number of rotatable bonds is 3. The molecule has 0 aliphatic rings. The van der Waals surface area contributed by atoms with Crippen LogP contribution in [0.25, 0.3) is 0 Å². The van der Waals surface area contributed by atoms with Gasteiger partial charge in [-0.2, -0.15) is 10.5 Å². The fraction of sp³-hybridized carbons (Fsp3) is 0.125. The molecule has 0 saturated heterocycles. The van der Waals surface area contributed by atoms with Crippen molar-refractivity contribution in [3.63, 3.8) is 0 Å². The fourth-order valence-corrected chi connectivity index (χ4v) is 2.10. The van der Waals surface area contributed by atoms with Crippen LogP contribution in [-0.2, 0) is 5.41 Å². The summed E-state index contributed by atoms with van der Waals surface area (Å²) < 4.78 is 0. The number of hydrogen-bond donors (Lipinski definition) is 0. The lowest BCUT2D eigenvalue weighted by Gasteiger charge is -2.24. The second kappa shape index (κ2) is 5.17. The topological polar surface area (TPSA) is 47.6 Å². The zero-order valence-electron chi connectivity index (χ0n) is 9.88. The molecular formula is C16H12N2. The molecule has 0 fully saturated rings. The Morgan fingerprint density at radius 1 is 0.778 bits per heavy atom. The van der Waals surface area contributed by atoms with Gasteiger partial charge in [-0.15, -0.1) is 0 Å². The van der Waals surface area contributed by atoms with Crippen molar-refractivity contribution in [2.24, 2.45) is 0 Å². The maximum Gasteiger partial charge on any atom is 0.120 e. The van der Waals surface area contributed by atoms with Crippen molar-refractivity contribution in [3.05, 3.63) is 71.8 Å². The predicted octanol–water partition coefficient (Wildman–Crippen LogP) is 3.41. The van der Waals surface area contributed by atoms with E-state index >= 15 is 0 Å². The van der Waals surface area contributed by atoms with Crippen molar-refractivity contribution in [1.82, 2.24) is 0 Å². The maximum absolute atomic E-state index is 9.61. The first kappa shape index (κ1) is 11.9. The van der Waals surface area contributed by atoms with Crippen LogP contribution in [0.1, 0.15) is 17.5 Å². The van der Waals surface area contributed by atoms with Crippen LogP contribution in [0.3, 0.4) is 0 Å². The van der Waals surface area contributed by atoms with Crippen LogP contribution in [0.15, 0.2) is 60.7 Å². The monoisotopic (exact) mass is 232 g/mol. The van der Waals surface area contributed by atoms with Gasteiger partial charge < -0.3 is 0 Å². The Labute approximate surface area is 107 Å². The molecule has 2 heteroatoms. The molecule has 0 N–H and O–H groups in total. The van der Waals surface area contributed by atoms with E-state index in [1.165, 1.54) is 0 Å². The first-order valence-corrected chi connectivity index (χ1v) is 5.73. The van der Waals surface area contributed by atoms with Gasteiger partial charge in [0.2, 0.25) is 0 Å². The number of hydrogen-bond acceptors (Lipinski definition) is 2. The predicted molar refractivity (Wildman–Crippen MR) is 69.5 cm³/mol. The van der Waals surface area contributed by atoms with Crippen molar-refractivity contribution in [1.29, 1.82) is 10.5 Å². The third kappa shape index (κ3) is 1.97. The molecular weight excluding hydrogens is 220 g/mol. The van der Waals surface area contributed by atoms with E-state index < -0.39 is 5.41 Å². The lowest BCUT2D eigenvalue weighted by atomic mass is 9.73. The summed E-state index contributed by atoms with van der Waals surface area (Å²) in [7, 11) is 0. The van der Waals surface area contributed by atoms with E-state index in [-0.39, 0.29) is 6.42 Å². The largest absolute Gasteiger partial charge is 0.198 e. The van der Waals surface area contributed by atoms with E-state index in [4.69, 9.17) is 5.26 Å². The molecule has 0 radical (unpaired) electrons. The van der Waals surface area contributed by atoms with Crippen LogP contribution in [0.5, 0.6) is 0 Å². The van der Waals surface area contributed by atoms with Crippen LogP contribution >= 0.6 is 0 Å². The van der Waals surface area contributed by atoms with Crippen molar-refractivity contribution in [2.75, 3.05) is 0 Å². The Morgan fingerprint density at radius 3 is 1.56 bits per heavy atom. The molecule has 2 rings (SSSR count). The van der Waals surface area contributed by atoms with E-state index in [0.717, 1.165) is 11.1 Å². The molecule has 0 bridgehead atoms. The number of nitrogens with zero attached hydrogens (tertiary/aromatic N) is 2. The van der Waals surface area contributed by atoms with Gasteiger partial charge in [0.05, 0.1) is 18.6 Å². The SMILES string of the molecule is N#CCC(C#N)(c1ccccc1)c1ccccc1. The minimum atomic E-state index is -0.878. The van der Waals surface area contributed by atoms with Crippen LogP contribution < -0.4 is 0 Å². The number of nitriles is 2. The summed E-state index contributed by atoms with van der Waals surface area (Å²) in [5, 5.41) is 18.7. The first-order chi connectivity index (χ1) is 8.83. The van der Waals surface area contributed by atoms with Crippen LogP contribution in [0.2, 0.25) is 0 Å². The standard InChI is InChI=1S/C16H12N2/c17-12-11-16(13-18,14-7-3-1-4-8-14)15-9-5-2-6-10-15/h1-10H,11H2. The van der Waals surface area contributed by atoms with Gasteiger partial charge in [-0.3, -0.25) is 0 Å². The lowest BCUT2D eigenvalue weighted by molar-refractivity contribution is 0.677. The summed E-state index contributed by atoms with van der Waals surface area (Å²) in [5.41, 5.74) is 0.845. The molecule has 0 spiro atoms. The van der Waals surface area contributed by atoms with Crippen molar-refractivity contribution >= 4 is 0 Å². The molecule has 2 aromatic rings. The van der Waals surface area contributed by atoms with Crippen molar-refractivity contribution in [3.8, 4) is 12.1 Å². The highest BCUT2D eigenvalue weighted by atomic mass is 14.4. The normalized spacial score (nSPS) is 10.3. The Morgan fingerprint density at radius 2 is 1.22 bits per heavy atom. The van der Waals surface area contributed by atoms with Gasteiger partial charge in [-0.1, -0.05) is 60.7 Å². The summed E-state index contributed by atoms with van der Waals surface area (Å²) in [6, 6.07) is 23.4. The van der Waals surface area contributed by atoms with Gasteiger partial charge in [-0.05, 0) is 11.1 Å². The summed E-state index contributed by atoms with van der Waals surface area (Å²) in [5.74, 6) is 0. The smallest absolute Gasteiger partial charge is 0.120 e. The minimum absolute atomic E-state index is 0.150. The fourth-order valence-electron chi connectivity index (χ4n) is 2.10. The quantitative estimate of drug-likeness (QED) is 0.814. The van der Waals surface area contributed by atoms with E-state index in [9.17, 15) is 5.26 Å². The van der Waals surface area contributed by atoms with E-state index in [1.54, 1.807) is 0 Å². The maximum atomic E-state index is 9.61. The molecule has 0 aliphatic heterocycles. The van der Waals surface area contributed by atoms with Crippen molar-refractivity contribution < 1.29 is 0 Å². The van der Waals surface area contributed by atoms with Crippen LogP contribution in [0, 0.1) is 22.7 Å². The van der Waals surface area contributed by atoms with Crippen LogP contribution in [-0.4, -0.2) is 0 Å². The molecule has 2 nitrogen and oxygen atoms in total. The van der Waals surface area contributed by atoms with E-state index in [2.05, 4.69) is 12.1 Å². The zero-order chi connectivity index (χ0) is 12.8. The molecule has 0 unspecified atom stereocenters. The average molecular weight is 232 g/mol. The summed E-state index contributed by atoms with van der Waals surface area (Å²) in [6.45, 7) is 0. The third-order valence-corrected chi connectivity index (χ3v) is 3.07. The molecule has 0 amide bonds. The molecule has 0 atom stereocenters. The second-order valence-corrected chi connectivity index (χ2v) is 4.08. The second-order valence-electron chi connectivity index (χ2n) is 4.08. The first-order valence-electron chi connectivity index (χ1n) is 5.73. The molecule has 0 aliphatic carbocycles.